The number of hydrogen-bond donors (Lipinski definition) is 1. The first kappa shape index (κ1) is 12.3. The van der Waals surface area contributed by atoms with Crippen LogP contribution in [0.1, 0.15) is 44.2 Å². The largest absolute Gasteiger partial charge is 0.397 e. The lowest BCUT2D eigenvalue weighted by atomic mass is 10.1. The maximum Gasteiger partial charge on any atom is 0.0607 e. The lowest BCUT2D eigenvalue weighted by Crippen LogP contribution is -2.34. The first-order chi connectivity index (χ1) is 8.04. The molecule has 1 aliphatic rings. The van der Waals surface area contributed by atoms with Gasteiger partial charge in [-0.2, -0.15) is 0 Å². The molecule has 1 aromatic carbocycles. The van der Waals surface area contributed by atoms with Crippen molar-refractivity contribution in [2.24, 2.45) is 0 Å². The molecule has 1 saturated heterocycles. The van der Waals surface area contributed by atoms with E-state index in [1.54, 1.807) is 0 Å². The highest BCUT2D eigenvalue weighted by atomic mass is 15.2. The third-order valence-electron chi connectivity index (χ3n) is 4.18. The summed E-state index contributed by atoms with van der Waals surface area (Å²) >= 11 is 0. The van der Waals surface area contributed by atoms with E-state index < -0.39 is 0 Å². The van der Waals surface area contributed by atoms with Gasteiger partial charge in [-0.1, -0.05) is 6.92 Å². The molecule has 1 aromatic rings. The summed E-state index contributed by atoms with van der Waals surface area (Å²) in [5.74, 6) is 0. The summed E-state index contributed by atoms with van der Waals surface area (Å²) in [6.45, 7) is 8.87. The van der Waals surface area contributed by atoms with Gasteiger partial charge in [0.25, 0.3) is 0 Å². The Morgan fingerprint density at radius 1 is 1.24 bits per heavy atom. The highest BCUT2D eigenvalue weighted by Crippen LogP contribution is 2.36. The maximum absolute atomic E-state index is 6.21. The average molecular weight is 232 g/mol. The van der Waals surface area contributed by atoms with Gasteiger partial charge in [0.1, 0.15) is 0 Å². The zero-order valence-electron chi connectivity index (χ0n) is 11.5. The van der Waals surface area contributed by atoms with Crippen molar-refractivity contribution < 1.29 is 0 Å². The molecule has 0 saturated carbocycles. The summed E-state index contributed by atoms with van der Waals surface area (Å²) in [5.41, 5.74) is 11.0. The van der Waals surface area contributed by atoms with Crippen LogP contribution in [0.2, 0.25) is 0 Å². The third-order valence-corrected chi connectivity index (χ3v) is 4.18. The topological polar surface area (TPSA) is 29.3 Å². The molecule has 1 heterocycles. The summed E-state index contributed by atoms with van der Waals surface area (Å²) in [5, 5.41) is 0. The molecule has 1 fully saturated rings. The van der Waals surface area contributed by atoms with Gasteiger partial charge in [0.15, 0.2) is 0 Å². The van der Waals surface area contributed by atoms with Crippen molar-refractivity contribution in [1.29, 1.82) is 0 Å². The molecule has 0 spiro atoms. The second-order valence-electron chi connectivity index (χ2n) is 5.39. The predicted molar refractivity (Wildman–Crippen MR) is 75.6 cm³/mol. The van der Waals surface area contributed by atoms with E-state index in [9.17, 15) is 0 Å². The Labute approximate surface area is 105 Å². The molecule has 94 valence electrons. The van der Waals surface area contributed by atoms with Crippen molar-refractivity contribution in [2.45, 2.75) is 59.0 Å². The van der Waals surface area contributed by atoms with Crippen molar-refractivity contribution >= 4 is 11.4 Å². The van der Waals surface area contributed by atoms with Crippen LogP contribution in [0.5, 0.6) is 0 Å². The van der Waals surface area contributed by atoms with Gasteiger partial charge in [0.05, 0.1) is 11.4 Å². The molecule has 2 heteroatoms. The van der Waals surface area contributed by atoms with E-state index in [-0.39, 0.29) is 0 Å². The monoisotopic (exact) mass is 232 g/mol. The van der Waals surface area contributed by atoms with E-state index in [2.05, 4.69) is 44.7 Å². The molecule has 2 N–H and O–H groups in total. The van der Waals surface area contributed by atoms with Crippen molar-refractivity contribution in [1.82, 2.24) is 0 Å². The molecular weight excluding hydrogens is 208 g/mol. The molecule has 0 aliphatic carbocycles. The number of nitrogen functional groups attached to an aromatic ring is 1. The number of nitrogens with zero attached hydrogens (tertiary/aromatic N) is 1. The van der Waals surface area contributed by atoms with Crippen LogP contribution in [0.3, 0.4) is 0 Å². The molecule has 0 radical (unpaired) electrons. The minimum absolute atomic E-state index is 0.615. The van der Waals surface area contributed by atoms with Gasteiger partial charge < -0.3 is 10.6 Å². The Kier molecular flexibility index (Phi) is 3.32. The van der Waals surface area contributed by atoms with Gasteiger partial charge >= 0.3 is 0 Å². The Bertz CT molecular complexity index is 412. The third kappa shape index (κ3) is 2.13. The summed E-state index contributed by atoms with van der Waals surface area (Å²) in [7, 11) is 0. The van der Waals surface area contributed by atoms with Crippen LogP contribution in [0.4, 0.5) is 11.4 Å². The zero-order valence-corrected chi connectivity index (χ0v) is 11.5. The molecule has 0 aromatic heterocycles. The lowest BCUT2D eigenvalue weighted by molar-refractivity contribution is 0.628. The second kappa shape index (κ2) is 4.59. The molecule has 17 heavy (non-hydrogen) atoms. The van der Waals surface area contributed by atoms with Crippen molar-refractivity contribution in [2.75, 3.05) is 10.6 Å². The van der Waals surface area contributed by atoms with E-state index in [1.165, 1.54) is 36.1 Å². The molecule has 0 amide bonds. The van der Waals surface area contributed by atoms with Gasteiger partial charge in [0.2, 0.25) is 0 Å². The highest BCUT2D eigenvalue weighted by molar-refractivity contribution is 5.71. The van der Waals surface area contributed by atoms with Gasteiger partial charge in [0, 0.05) is 12.1 Å². The average Bonchev–Trinajstić information content (AvgIpc) is 2.65. The Morgan fingerprint density at radius 2 is 1.88 bits per heavy atom. The predicted octanol–water partition coefficient (Wildman–Crippen LogP) is 3.65. The van der Waals surface area contributed by atoms with E-state index in [0.717, 1.165) is 5.69 Å². The van der Waals surface area contributed by atoms with Crippen LogP contribution in [-0.4, -0.2) is 12.1 Å². The molecule has 0 bridgehead atoms. The SMILES string of the molecule is CCC1CCC(C)N1c1cc(C)c(C)cc1N. The van der Waals surface area contributed by atoms with Crippen LogP contribution in [0.15, 0.2) is 12.1 Å². The number of hydrogen-bond acceptors (Lipinski definition) is 2. The van der Waals surface area contributed by atoms with E-state index in [4.69, 9.17) is 5.73 Å². The zero-order chi connectivity index (χ0) is 12.6. The van der Waals surface area contributed by atoms with Gasteiger partial charge in [-0.25, -0.2) is 0 Å². The fourth-order valence-electron chi connectivity index (χ4n) is 2.95. The van der Waals surface area contributed by atoms with Crippen molar-refractivity contribution in [3.8, 4) is 0 Å². The van der Waals surface area contributed by atoms with E-state index in [0.29, 0.717) is 12.1 Å². The number of anilines is 2. The standard InChI is InChI=1S/C15H24N2/c1-5-13-7-6-12(4)17(13)15-9-11(3)10(2)8-14(15)16/h8-9,12-13H,5-7,16H2,1-4H3. The van der Waals surface area contributed by atoms with Crippen LogP contribution in [0, 0.1) is 13.8 Å². The Morgan fingerprint density at radius 3 is 2.53 bits per heavy atom. The molecule has 2 rings (SSSR count). The Hall–Kier alpha value is -1.18. The minimum atomic E-state index is 0.615. The number of nitrogens with two attached hydrogens (primary N) is 1. The smallest absolute Gasteiger partial charge is 0.0607 e. The lowest BCUT2D eigenvalue weighted by Gasteiger charge is -2.32. The van der Waals surface area contributed by atoms with Crippen LogP contribution in [-0.2, 0) is 0 Å². The number of rotatable bonds is 2. The number of aryl methyl sites for hydroxylation is 2. The highest BCUT2D eigenvalue weighted by Gasteiger charge is 2.30. The summed E-state index contributed by atoms with van der Waals surface area (Å²) in [6, 6.07) is 5.65. The first-order valence-electron chi connectivity index (χ1n) is 6.69. The summed E-state index contributed by atoms with van der Waals surface area (Å²) in [6.07, 6.45) is 3.78. The first-order valence-corrected chi connectivity index (χ1v) is 6.69. The molecule has 2 nitrogen and oxygen atoms in total. The molecular formula is C15H24N2. The summed E-state index contributed by atoms with van der Waals surface area (Å²) in [4.78, 5) is 2.53. The molecule has 1 aliphatic heterocycles. The Balaban J connectivity index is 2.42. The normalized spacial score (nSPS) is 24.4. The quantitative estimate of drug-likeness (QED) is 0.789. The van der Waals surface area contributed by atoms with E-state index >= 15 is 0 Å². The summed E-state index contributed by atoms with van der Waals surface area (Å²) < 4.78 is 0. The van der Waals surface area contributed by atoms with Crippen LogP contribution in [0.25, 0.3) is 0 Å². The maximum atomic E-state index is 6.21. The van der Waals surface area contributed by atoms with Gasteiger partial charge in [-0.3, -0.25) is 0 Å². The van der Waals surface area contributed by atoms with E-state index in [1.807, 2.05) is 0 Å². The second-order valence-corrected chi connectivity index (χ2v) is 5.39. The number of benzene rings is 1. The van der Waals surface area contributed by atoms with Crippen LogP contribution >= 0.6 is 0 Å². The van der Waals surface area contributed by atoms with Crippen molar-refractivity contribution in [3.63, 3.8) is 0 Å². The van der Waals surface area contributed by atoms with Gasteiger partial charge in [-0.15, -0.1) is 0 Å². The fraction of sp³-hybridized carbons (Fsp3) is 0.600. The van der Waals surface area contributed by atoms with Crippen molar-refractivity contribution in [3.05, 3.63) is 23.3 Å². The minimum Gasteiger partial charge on any atom is -0.397 e. The molecule has 2 atom stereocenters. The van der Waals surface area contributed by atoms with Gasteiger partial charge in [-0.05, 0) is 63.3 Å². The molecule has 2 unspecified atom stereocenters. The van der Waals surface area contributed by atoms with Crippen LogP contribution < -0.4 is 10.6 Å². The fourth-order valence-corrected chi connectivity index (χ4v) is 2.95.